The predicted molar refractivity (Wildman–Crippen MR) is 71.5 cm³/mol. The van der Waals surface area contributed by atoms with Crippen LogP contribution in [0.5, 0.6) is 0 Å². The summed E-state index contributed by atoms with van der Waals surface area (Å²) >= 11 is 1.38. The standard InChI is InChI=1S/C11H20N2O2S2/c1-5-11(2,3)13(4)17(14,15)10-6-7-16-9(10)8-12/h6-7H,5,8,12H2,1-4H3. The van der Waals surface area contributed by atoms with Crippen molar-refractivity contribution in [3.63, 3.8) is 0 Å². The van der Waals surface area contributed by atoms with Crippen molar-refractivity contribution in [3.05, 3.63) is 16.3 Å². The lowest BCUT2D eigenvalue weighted by Gasteiger charge is -2.33. The van der Waals surface area contributed by atoms with E-state index >= 15 is 0 Å². The van der Waals surface area contributed by atoms with Crippen molar-refractivity contribution in [1.82, 2.24) is 4.31 Å². The fourth-order valence-electron chi connectivity index (χ4n) is 1.40. The van der Waals surface area contributed by atoms with Gasteiger partial charge in [-0.25, -0.2) is 8.42 Å². The summed E-state index contributed by atoms with van der Waals surface area (Å²) in [6, 6.07) is 1.63. The second-order valence-electron chi connectivity index (χ2n) is 4.55. The maximum absolute atomic E-state index is 12.5. The van der Waals surface area contributed by atoms with Crippen LogP contribution >= 0.6 is 11.3 Å². The predicted octanol–water partition coefficient (Wildman–Crippen LogP) is 2.02. The van der Waals surface area contributed by atoms with E-state index in [0.29, 0.717) is 9.77 Å². The summed E-state index contributed by atoms with van der Waals surface area (Å²) < 4.78 is 26.3. The van der Waals surface area contributed by atoms with Crippen LogP contribution in [0.1, 0.15) is 32.1 Å². The van der Waals surface area contributed by atoms with Crippen molar-refractivity contribution in [1.29, 1.82) is 0 Å². The minimum absolute atomic E-state index is 0.257. The third kappa shape index (κ3) is 2.70. The molecule has 1 aromatic rings. The summed E-state index contributed by atoms with van der Waals surface area (Å²) in [4.78, 5) is 1.05. The van der Waals surface area contributed by atoms with Gasteiger partial charge in [-0.05, 0) is 31.7 Å². The Labute approximate surface area is 107 Å². The van der Waals surface area contributed by atoms with Gasteiger partial charge in [0.25, 0.3) is 0 Å². The highest BCUT2D eigenvalue weighted by molar-refractivity contribution is 7.89. The third-order valence-electron chi connectivity index (χ3n) is 3.25. The summed E-state index contributed by atoms with van der Waals surface area (Å²) in [5.74, 6) is 0. The fourth-order valence-corrected chi connectivity index (χ4v) is 4.28. The number of thiophene rings is 1. The van der Waals surface area contributed by atoms with Gasteiger partial charge in [-0.3, -0.25) is 0 Å². The van der Waals surface area contributed by atoms with Gasteiger partial charge in [-0.15, -0.1) is 11.3 Å². The van der Waals surface area contributed by atoms with Crippen molar-refractivity contribution in [2.24, 2.45) is 5.73 Å². The van der Waals surface area contributed by atoms with E-state index in [1.807, 2.05) is 20.8 Å². The molecular weight excluding hydrogens is 256 g/mol. The Balaban J connectivity index is 3.21. The topological polar surface area (TPSA) is 63.4 Å². The zero-order chi connectivity index (χ0) is 13.3. The molecule has 0 aliphatic rings. The first-order valence-corrected chi connectivity index (χ1v) is 7.84. The highest BCUT2D eigenvalue weighted by Gasteiger charge is 2.34. The number of nitrogens with zero attached hydrogens (tertiary/aromatic N) is 1. The molecule has 0 radical (unpaired) electrons. The molecule has 0 spiro atoms. The van der Waals surface area contributed by atoms with E-state index in [1.165, 1.54) is 15.6 Å². The maximum Gasteiger partial charge on any atom is 0.244 e. The molecule has 0 unspecified atom stereocenters. The number of hydrogen-bond acceptors (Lipinski definition) is 4. The van der Waals surface area contributed by atoms with E-state index in [4.69, 9.17) is 5.73 Å². The monoisotopic (exact) mass is 276 g/mol. The number of nitrogens with two attached hydrogens (primary N) is 1. The minimum Gasteiger partial charge on any atom is -0.326 e. The lowest BCUT2D eigenvalue weighted by atomic mass is 10.0. The van der Waals surface area contributed by atoms with Gasteiger partial charge in [-0.1, -0.05) is 6.92 Å². The highest BCUT2D eigenvalue weighted by atomic mass is 32.2. The Bertz CT molecular complexity index is 477. The van der Waals surface area contributed by atoms with Crippen LogP contribution in [0.4, 0.5) is 0 Å². The van der Waals surface area contributed by atoms with E-state index in [1.54, 1.807) is 18.5 Å². The molecule has 17 heavy (non-hydrogen) atoms. The van der Waals surface area contributed by atoms with Crippen molar-refractivity contribution in [2.75, 3.05) is 7.05 Å². The first-order chi connectivity index (χ1) is 7.77. The summed E-state index contributed by atoms with van der Waals surface area (Å²) in [6.45, 7) is 6.06. The normalized spacial score (nSPS) is 13.3. The Morgan fingerprint density at radius 3 is 2.53 bits per heavy atom. The molecule has 6 heteroatoms. The van der Waals surface area contributed by atoms with Gasteiger partial charge in [0.15, 0.2) is 0 Å². The van der Waals surface area contributed by atoms with Crippen LogP contribution in [0, 0.1) is 0 Å². The van der Waals surface area contributed by atoms with Gasteiger partial charge in [0.2, 0.25) is 10.0 Å². The van der Waals surface area contributed by atoms with Crippen LogP contribution in [0.15, 0.2) is 16.3 Å². The summed E-state index contributed by atoms with van der Waals surface area (Å²) in [7, 11) is -1.82. The van der Waals surface area contributed by atoms with Gasteiger partial charge in [0, 0.05) is 24.0 Å². The molecule has 0 amide bonds. The van der Waals surface area contributed by atoms with Gasteiger partial charge >= 0.3 is 0 Å². The average Bonchev–Trinajstić information content (AvgIpc) is 2.76. The van der Waals surface area contributed by atoms with E-state index in [-0.39, 0.29) is 6.54 Å². The Kier molecular flexibility index (Phi) is 4.35. The summed E-state index contributed by atoms with van der Waals surface area (Å²) in [5.41, 5.74) is 5.16. The molecule has 98 valence electrons. The van der Waals surface area contributed by atoms with Gasteiger partial charge < -0.3 is 5.73 Å². The molecule has 2 N–H and O–H groups in total. The first-order valence-electron chi connectivity index (χ1n) is 5.53. The zero-order valence-electron chi connectivity index (χ0n) is 10.7. The highest BCUT2D eigenvalue weighted by Crippen LogP contribution is 2.29. The smallest absolute Gasteiger partial charge is 0.244 e. The molecule has 1 aromatic heterocycles. The summed E-state index contributed by atoms with van der Waals surface area (Å²) in [5, 5.41) is 1.77. The van der Waals surface area contributed by atoms with E-state index < -0.39 is 15.6 Å². The molecule has 0 saturated carbocycles. The molecule has 1 rings (SSSR count). The lowest BCUT2D eigenvalue weighted by molar-refractivity contribution is 0.257. The van der Waals surface area contributed by atoms with E-state index in [0.717, 1.165) is 6.42 Å². The van der Waals surface area contributed by atoms with Crippen molar-refractivity contribution in [3.8, 4) is 0 Å². The molecule has 0 atom stereocenters. The molecule has 0 aliphatic heterocycles. The molecule has 0 aliphatic carbocycles. The maximum atomic E-state index is 12.5. The third-order valence-corrected chi connectivity index (χ3v) is 6.47. The zero-order valence-corrected chi connectivity index (χ0v) is 12.4. The quantitative estimate of drug-likeness (QED) is 0.895. The SMILES string of the molecule is CCC(C)(C)N(C)S(=O)(=O)c1ccsc1CN. The molecular formula is C11H20N2O2S2. The molecule has 0 saturated heterocycles. The van der Waals surface area contributed by atoms with Gasteiger partial charge in [0.1, 0.15) is 0 Å². The van der Waals surface area contributed by atoms with Crippen LogP contribution in [0.2, 0.25) is 0 Å². The van der Waals surface area contributed by atoms with Gasteiger partial charge in [-0.2, -0.15) is 4.31 Å². The number of rotatable bonds is 5. The second kappa shape index (κ2) is 5.06. The fraction of sp³-hybridized carbons (Fsp3) is 0.636. The second-order valence-corrected chi connectivity index (χ2v) is 7.49. The van der Waals surface area contributed by atoms with Crippen molar-refractivity contribution < 1.29 is 8.42 Å². The van der Waals surface area contributed by atoms with Crippen LogP contribution in [-0.2, 0) is 16.6 Å². The van der Waals surface area contributed by atoms with Crippen LogP contribution < -0.4 is 5.73 Å². The lowest BCUT2D eigenvalue weighted by Crippen LogP contribution is -2.44. The van der Waals surface area contributed by atoms with Crippen LogP contribution in [0.25, 0.3) is 0 Å². The van der Waals surface area contributed by atoms with Crippen LogP contribution in [-0.4, -0.2) is 25.3 Å². The van der Waals surface area contributed by atoms with E-state index in [9.17, 15) is 8.42 Å². The molecule has 1 heterocycles. The minimum atomic E-state index is -3.44. The van der Waals surface area contributed by atoms with Crippen molar-refractivity contribution >= 4 is 21.4 Å². The molecule has 0 aromatic carbocycles. The number of sulfonamides is 1. The molecule has 0 bridgehead atoms. The first kappa shape index (κ1) is 14.6. The molecule has 0 fully saturated rings. The summed E-state index contributed by atoms with van der Waals surface area (Å²) in [6.07, 6.45) is 0.755. The largest absolute Gasteiger partial charge is 0.326 e. The Morgan fingerprint density at radius 2 is 2.06 bits per heavy atom. The average molecular weight is 276 g/mol. The van der Waals surface area contributed by atoms with Gasteiger partial charge in [0.05, 0.1) is 4.90 Å². The van der Waals surface area contributed by atoms with Crippen molar-refractivity contribution in [2.45, 2.75) is 44.2 Å². The van der Waals surface area contributed by atoms with Crippen LogP contribution in [0.3, 0.4) is 0 Å². The number of hydrogen-bond donors (Lipinski definition) is 1. The van der Waals surface area contributed by atoms with E-state index in [2.05, 4.69) is 0 Å². The molecule has 4 nitrogen and oxygen atoms in total. The Hall–Kier alpha value is -0.430. The Morgan fingerprint density at radius 1 is 1.47 bits per heavy atom.